The Labute approximate surface area is 127 Å². The summed E-state index contributed by atoms with van der Waals surface area (Å²) in [7, 11) is 4.32. The molecule has 2 unspecified atom stereocenters. The molecule has 1 fully saturated rings. The van der Waals surface area contributed by atoms with Crippen LogP contribution < -0.4 is 9.64 Å². The number of benzene rings is 1. The number of carbonyl (C=O) groups excluding carboxylic acids is 1. The largest absolute Gasteiger partial charge is 0.427 e. The van der Waals surface area contributed by atoms with Gasteiger partial charge in [0.05, 0.1) is 11.9 Å². The summed E-state index contributed by atoms with van der Waals surface area (Å²) in [4.78, 5) is 15.9. The SMILES string of the molecule is CC(=O)Oc1cc(Br)c2c(c1)C1CCN(C)C(C1)N2C. The molecule has 3 rings (SSSR count). The maximum Gasteiger partial charge on any atom is 0.308 e. The van der Waals surface area contributed by atoms with Crippen LogP contribution in [-0.4, -0.2) is 37.7 Å². The average Bonchev–Trinajstić information content (AvgIpc) is 2.36. The number of likely N-dealkylation sites (tertiary alicyclic amines) is 1. The number of hydrogen-bond donors (Lipinski definition) is 0. The van der Waals surface area contributed by atoms with Crippen LogP contribution in [0.2, 0.25) is 0 Å². The van der Waals surface area contributed by atoms with Gasteiger partial charge in [0.1, 0.15) is 5.75 Å². The van der Waals surface area contributed by atoms with Crippen molar-refractivity contribution in [2.24, 2.45) is 0 Å². The van der Waals surface area contributed by atoms with E-state index >= 15 is 0 Å². The molecule has 1 aromatic rings. The minimum atomic E-state index is -0.276. The molecule has 2 heterocycles. The highest BCUT2D eigenvalue weighted by molar-refractivity contribution is 9.10. The number of carbonyl (C=O) groups is 1. The number of piperidine rings is 1. The topological polar surface area (TPSA) is 32.8 Å². The van der Waals surface area contributed by atoms with Crippen LogP contribution in [0.3, 0.4) is 0 Å². The fourth-order valence-electron chi connectivity index (χ4n) is 3.45. The molecule has 2 atom stereocenters. The lowest BCUT2D eigenvalue weighted by atomic mass is 9.82. The molecular formula is C15H19BrN2O2. The van der Waals surface area contributed by atoms with Crippen molar-refractivity contribution < 1.29 is 9.53 Å². The summed E-state index contributed by atoms with van der Waals surface area (Å²) in [6.07, 6.45) is 2.75. The molecule has 0 aromatic heterocycles. The number of hydrogen-bond acceptors (Lipinski definition) is 4. The first-order valence-corrected chi connectivity index (χ1v) is 7.71. The van der Waals surface area contributed by atoms with Crippen molar-refractivity contribution >= 4 is 27.6 Å². The third-order valence-electron chi connectivity index (χ3n) is 4.40. The molecule has 108 valence electrons. The maximum absolute atomic E-state index is 11.2. The van der Waals surface area contributed by atoms with Gasteiger partial charge in [-0.25, -0.2) is 0 Å². The molecule has 20 heavy (non-hydrogen) atoms. The quantitative estimate of drug-likeness (QED) is 0.582. The third-order valence-corrected chi connectivity index (χ3v) is 5.01. The molecule has 5 heteroatoms. The van der Waals surface area contributed by atoms with Gasteiger partial charge in [0, 0.05) is 25.0 Å². The van der Waals surface area contributed by atoms with E-state index in [-0.39, 0.29) is 5.97 Å². The van der Waals surface area contributed by atoms with Crippen LogP contribution in [0.1, 0.15) is 31.2 Å². The van der Waals surface area contributed by atoms with Crippen LogP contribution in [0.5, 0.6) is 5.75 Å². The molecule has 1 aromatic carbocycles. The summed E-state index contributed by atoms with van der Waals surface area (Å²) in [5, 5.41) is 0. The second-order valence-corrected chi connectivity index (χ2v) is 6.58. The lowest BCUT2D eigenvalue weighted by Gasteiger charge is -2.48. The molecular weight excluding hydrogens is 320 g/mol. The second-order valence-electron chi connectivity index (χ2n) is 5.73. The molecule has 4 nitrogen and oxygen atoms in total. The van der Waals surface area contributed by atoms with Gasteiger partial charge >= 0.3 is 5.97 Å². The van der Waals surface area contributed by atoms with Crippen molar-refractivity contribution in [1.29, 1.82) is 0 Å². The van der Waals surface area contributed by atoms with Crippen LogP contribution in [0.25, 0.3) is 0 Å². The van der Waals surface area contributed by atoms with E-state index in [0.717, 1.165) is 23.9 Å². The Bertz CT molecular complexity index is 561. The zero-order chi connectivity index (χ0) is 14.4. The van der Waals surface area contributed by atoms with E-state index in [1.165, 1.54) is 18.2 Å². The van der Waals surface area contributed by atoms with Gasteiger partial charge in [0.25, 0.3) is 0 Å². The Morgan fingerprint density at radius 1 is 1.40 bits per heavy atom. The number of anilines is 1. The van der Waals surface area contributed by atoms with Crippen molar-refractivity contribution in [2.45, 2.75) is 31.8 Å². The summed E-state index contributed by atoms with van der Waals surface area (Å²) < 4.78 is 6.26. The second kappa shape index (κ2) is 5.04. The van der Waals surface area contributed by atoms with Gasteiger partial charge in [-0.2, -0.15) is 0 Å². The number of rotatable bonds is 1. The van der Waals surface area contributed by atoms with E-state index < -0.39 is 0 Å². The Morgan fingerprint density at radius 3 is 2.85 bits per heavy atom. The highest BCUT2D eigenvalue weighted by atomic mass is 79.9. The summed E-state index contributed by atoms with van der Waals surface area (Å²) in [5.74, 6) is 0.908. The highest BCUT2D eigenvalue weighted by Crippen LogP contribution is 2.47. The monoisotopic (exact) mass is 338 g/mol. The predicted octanol–water partition coefficient (Wildman–Crippen LogP) is 2.96. The van der Waals surface area contributed by atoms with Crippen LogP contribution >= 0.6 is 15.9 Å². The summed E-state index contributed by atoms with van der Waals surface area (Å²) in [6.45, 7) is 2.54. The Morgan fingerprint density at radius 2 is 2.15 bits per heavy atom. The van der Waals surface area contributed by atoms with Gasteiger partial charge in [0.15, 0.2) is 0 Å². The maximum atomic E-state index is 11.2. The van der Waals surface area contributed by atoms with E-state index in [2.05, 4.69) is 39.8 Å². The highest BCUT2D eigenvalue weighted by Gasteiger charge is 2.37. The molecule has 0 radical (unpaired) electrons. The molecule has 2 bridgehead atoms. The van der Waals surface area contributed by atoms with Crippen LogP contribution in [0.4, 0.5) is 5.69 Å². The first kappa shape index (κ1) is 13.9. The third kappa shape index (κ3) is 2.23. The zero-order valence-electron chi connectivity index (χ0n) is 12.0. The summed E-state index contributed by atoms with van der Waals surface area (Å²) >= 11 is 3.64. The van der Waals surface area contributed by atoms with E-state index in [4.69, 9.17) is 4.74 Å². The summed E-state index contributed by atoms with van der Waals surface area (Å²) in [6, 6.07) is 3.92. The number of fused-ring (bicyclic) bond motifs is 4. The van der Waals surface area contributed by atoms with E-state index in [1.807, 2.05) is 12.1 Å². The molecule has 0 aliphatic carbocycles. The number of ether oxygens (including phenoxy) is 1. The fraction of sp³-hybridized carbons (Fsp3) is 0.533. The molecule has 2 aliphatic rings. The number of esters is 1. The molecule has 0 saturated carbocycles. The van der Waals surface area contributed by atoms with Crippen molar-refractivity contribution in [3.8, 4) is 5.75 Å². The zero-order valence-corrected chi connectivity index (χ0v) is 13.6. The first-order valence-electron chi connectivity index (χ1n) is 6.92. The van der Waals surface area contributed by atoms with Gasteiger partial charge in [-0.3, -0.25) is 9.69 Å². The molecule has 2 aliphatic heterocycles. The van der Waals surface area contributed by atoms with Gasteiger partial charge < -0.3 is 9.64 Å². The Balaban J connectivity index is 2.06. The van der Waals surface area contributed by atoms with Gasteiger partial charge in [0.2, 0.25) is 0 Å². The van der Waals surface area contributed by atoms with Gasteiger partial charge in [-0.1, -0.05) is 0 Å². The molecule has 0 amide bonds. The Hall–Kier alpha value is -1.07. The van der Waals surface area contributed by atoms with Gasteiger partial charge in [-0.05, 0) is 59.4 Å². The molecule has 0 N–H and O–H groups in total. The van der Waals surface area contributed by atoms with Crippen molar-refractivity contribution in [3.63, 3.8) is 0 Å². The van der Waals surface area contributed by atoms with Crippen LogP contribution in [0, 0.1) is 0 Å². The lowest BCUT2D eigenvalue weighted by molar-refractivity contribution is -0.131. The molecule has 1 saturated heterocycles. The van der Waals surface area contributed by atoms with Crippen molar-refractivity contribution in [2.75, 3.05) is 25.5 Å². The lowest BCUT2D eigenvalue weighted by Crippen LogP contribution is -2.52. The van der Waals surface area contributed by atoms with Crippen LogP contribution in [-0.2, 0) is 4.79 Å². The van der Waals surface area contributed by atoms with E-state index in [1.54, 1.807) is 0 Å². The van der Waals surface area contributed by atoms with Crippen molar-refractivity contribution in [3.05, 3.63) is 22.2 Å². The van der Waals surface area contributed by atoms with Crippen molar-refractivity contribution in [1.82, 2.24) is 4.90 Å². The number of nitrogens with zero attached hydrogens (tertiary/aromatic N) is 2. The smallest absolute Gasteiger partial charge is 0.308 e. The van der Waals surface area contributed by atoms with Gasteiger partial charge in [-0.15, -0.1) is 0 Å². The van der Waals surface area contributed by atoms with E-state index in [0.29, 0.717) is 17.8 Å². The van der Waals surface area contributed by atoms with Crippen LogP contribution in [0.15, 0.2) is 16.6 Å². The first-order chi connectivity index (χ1) is 9.47. The Kier molecular flexibility index (Phi) is 3.50. The minimum absolute atomic E-state index is 0.276. The molecule has 0 spiro atoms. The fourth-order valence-corrected chi connectivity index (χ4v) is 4.18. The van der Waals surface area contributed by atoms with E-state index in [9.17, 15) is 4.79 Å². The standard InChI is InChI=1S/C15H19BrN2O2/c1-9(19)20-11-7-12-10-4-5-17(2)14(6-10)18(3)15(12)13(16)8-11/h7-8,10,14H,4-6H2,1-3H3. The average molecular weight is 339 g/mol. The predicted molar refractivity (Wildman–Crippen MR) is 82.2 cm³/mol. The minimum Gasteiger partial charge on any atom is -0.427 e. The number of halogens is 1. The normalized spacial score (nSPS) is 25.3. The summed E-state index contributed by atoms with van der Waals surface area (Å²) in [5.41, 5.74) is 2.52.